The van der Waals surface area contributed by atoms with E-state index in [1.54, 1.807) is 23.5 Å². The minimum absolute atomic E-state index is 0.339. The molecule has 7 nitrogen and oxygen atoms in total. The Bertz CT molecular complexity index is 1160. The molecule has 4 rings (SSSR count). The zero-order valence-electron chi connectivity index (χ0n) is 16.8. The second-order valence-corrected chi connectivity index (χ2v) is 8.00. The largest absolute Gasteiger partial charge is 0.296 e. The summed E-state index contributed by atoms with van der Waals surface area (Å²) in [5.41, 5.74) is 1.68. The smallest absolute Gasteiger partial charge is 0.205 e. The van der Waals surface area contributed by atoms with Crippen LogP contribution in [0, 0.1) is 19.7 Å². The molecule has 0 bridgehead atoms. The Morgan fingerprint density at radius 3 is 2.66 bits per heavy atom. The predicted molar refractivity (Wildman–Crippen MR) is 112 cm³/mol. The van der Waals surface area contributed by atoms with Crippen molar-refractivity contribution < 1.29 is 4.39 Å². The van der Waals surface area contributed by atoms with Crippen molar-refractivity contribution in [1.82, 2.24) is 35.1 Å². The maximum Gasteiger partial charge on any atom is 0.205 e. The van der Waals surface area contributed by atoms with Gasteiger partial charge in [-0.2, -0.15) is 0 Å². The molecule has 0 aliphatic rings. The minimum atomic E-state index is -0.339. The van der Waals surface area contributed by atoms with E-state index >= 15 is 0 Å². The molecule has 0 unspecified atom stereocenters. The number of hydrogen-bond acceptors (Lipinski definition) is 7. The summed E-state index contributed by atoms with van der Waals surface area (Å²) in [6, 6.07) is 6.16. The zero-order valence-corrected chi connectivity index (χ0v) is 17.7. The Morgan fingerprint density at radius 2 is 1.93 bits per heavy atom. The van der Waals surface area contributed by atoms with Gasteiger partial charge in [-0.25, -0.2) is 14.4 Å². The Kier molecular flexibility index (Phi) is 5.33. The molecular weight excluding hydrogens is 389 g/mol. The highest BCUT2D eigenvalue weighted by molar-refractivity contribution is 7.18. The number of hydrogen-bond donors (Lipinski definition) is 0. The van der Waals surface area contributed by atoms with Gasteiger partial charge in [-0.15, -0.1) is 26.3 Å². The van der Waals surface area contributed by atoms with Crippen LogP contribution in [-0.2, 0) is 6.54 Å². The lowest BCUT2D eigenvalue weighted by molar-refractivity contribution is 0.288. The van der Waals surface area contributed by atoms with Gasteiger partial charge in [0.1, 0.15) is 16.5 Å². The third-order valence-electron chi connectivity index (χ3n) is 5.00. The molecule has 0 saturated carbocycles. The normalized spacial score (nSPS) is 11.7. The third-order valence-corrected chi connectivity index (χ3v) is 6.10. The molecule has 1 aromatic carbocycles. The second-order valence-electron chi connectivity index (χ2n) is 6.80. The van der Waals surface area contributed by atoms with E-state index in [2.05, 4.69) is 48.0 Å². The fourth-order valence-corrected chi connectivity index (χ4v) is 4.22. The first-order chi connectivity index (χ1) is 14.0. The molecule has 4 aromatic rings. The van der Waals surface area contributed by atoms with Crippen LogP contribution < -0.4 is 0 Å². The van der Waals surface area contributed by atoms with Gasteiger partial charge >= 0.3 is 0 Å². The van der Waals surface area contributed by atoms with Gasteiger partial charge in [0.2, 0.25) is 5.82 Å². The molecular formula is C20H22FN7S. The van der Waals surface area contributed by atoms with Gasteiger partial charge < -0.3 is 0 Å². The SMILES string of the molecule is CCN(CC)Cc1nc(-n2nnc(-c3cccc(F)c3)n2)c2c(C)c(C)sc2n1. The highest BCUT2D eigenvalue weighted by Gasteiger charge is 2.19. The molecule has 0 atom stereocenters. The van der Waals surface area contributed by atoms with Crippen LogP contribution in [0.25, 0.3) is 27.4 Å². The lowest BCUT2D eigenvalue weighted by Crippen LogP contribution is -2.24. The quantitative estimate of drug-likeness (QED) is 0.479. The number of halogens is 1. The van der Waals surface area contributed by atoms with Gasteiger partial charge in [-0.1, -0.05) is 26.0 Å². The molecule has 29 heavy (non-hydrogen) atoms. The summed E-state index contributed by atoms with van der Waals surface area (Å²) in [7, 11) is 0. The standard InChI is InChI=1S/C20H22FN7S/c1-5-27(6-2)11-16-22-19(17-12(3)13(4)29-20(17)23-16)28-25-18(24-26-28)14-8-7-9-15(21)10-14/h7-10H,5-6,11H2,1-4H3. The number of thiophene rings is 1. The van der Waals surface area contributed by atoms with E-state index in [0.29, 0.717) is 23.8 Å². The summed E-state index contributed by atoms with van der Waals surface area (Å²) in [6.07, 6.45) is 0. The van der Waals surface area contributed by atoms with E-state index in [1.165, 1.54) is 21.8 Å². The maximum absolute atomic E-state index is 13.6. The fraction of sp³-hybridized carbons (Fsp3) is 0.350. The minimum Gasteiger partial charge on any atom is -0.296 e. The van der Waals surface area contributed by atoms with Crippen LogP contribution in [0.5, 0.6) is 0 Å². The molecule has 0 saturated heterocycles. The molecule has 0 radical (unpaired) electrons. The summed E-state index contributed by atoms with van der Waals surface area (Å²) in [5, 5.41) is 13.7. The molecule has 0 fully saturated rings. The van der Waals surface area contributed by atoms with Crippen molar-refractivity contribution in [3.05, 3.63) is 46.3 Å². The molecule has 3 aromatic heterocycles. The molecule has 0 spiro atoms. The fourth-order valence-electron chi connectivity index (χ4n) is 3.18. The predicted octanol–water partition coefficient (Wildman–Crippen LogP) is 3.93. The first kappa shape index (κ1) is 19.5. The van der Waals surface area contributed by atoms with E-state index in [9.17, 15) is 4.39 Å². The van der Waals surface area contributed by atoms with E-state index in [0.717, 1.165) is 34.7 Å². The van der Waals surface area contributed by atoms with Gasteiger partial charge in [0.15, 0.2) is 5.82 Å². The number of aromatic nitrogens is 6. The third kappa shape index (κ3) is 3.75. The van der Waals surface area contributed by atoms with Crippen molar-refractivity contribution in [2.75, 3.05) is 13.1 Å². The monoisotopic (exact) mass is 411 g/mol. The van der Waals surface area contributed by atoms with Crippen molar-refractivity contribution in [1.29, 1.82) is 0 Å². The van der Waals surface area contributed by atoms with Crippen LogP contribution in [-0.4, -0.2) is 48.2 Å². The van der Waals surface area contributed by atoms with Crippen LogP contribution in [0.1, 0.15) is 30.1 Å². The Morgan fingerprint density at radius 1 is 1.14 bits per heavy atom. The maximum atomic E-state index is 13.6. The average molecular weight is 412 g/mol. The van der Waals surface area contributed by atoms with Gasteiger partial charge in [-0.05, 0) is 49.8 Å². The Balaban J connectivity index is 1.84. The molecule has 3 heterocycles. The van der Waals surface area contributed by atoms with Gasteiger partial charge in [0, 0.05) is 10.4 Å². The van der Waals surface area contributed by atoms with E-state index < -0.39 is 0 Å². The van der Waals surface area contributed by atoms with Crippen LogP contribution >= 0.6 is 11.3 Å². The summed E-state index contributed by atoms with van der Waals surface area (Å²) >= 11 is 1.64. The molecule has 9 heteroatoms. The number of tetrazole rings is 1. The van der Waals surface area contributed by atoms with Crippen molar-refractivity contribution in [3.63, 3.8) is 0 Å². The van der Waals surface area contributed by atoms with Crippen LogP contribution in [0.2, 0.25) is 0 Å². The van der Waals surface area contributed by atoms with E-state index in [4.69, 9.17) is 9.97 Å². The number of aryl methyl sites for hydroxylation is 2. The molecule has 0 aliphatic carbocycles. The van der Waals surface area contributed by atoms with Gasteiger partial charge in [0.25, 0.3) is 0 Å². The number of nitrogens with zero attached hydrogens (tertiary/aromatic N) is 7. The average Bonchev–Trinajstić information content (AvgIpc) is 3.31. The topological polar surface area (TPSA) is 72.6 Å². The molecule has 150 valence electrons. The highest BCUT2D eigenvalue weighted by Crippen LogP contribution is 2.32. The zero-order chi connectivity index (χ0) is 20.5. The van der Waals surface area contributed by atoms with Crippen molar-refractivity contribution in [2.24, 2.45) is 0 Å². The van der Waals surface area contributed by atoms with Gasteiger partial charge in [0.05, 0.1) is 11.9 Å². The number of benzene rings is 1. The first-order valence-corrected chi connectivity index (χ1v) is 10.4. The Labute approximate surface area is 172 Å². The lowest BCUT2D eigenvalue weighted by atomic mass is 10.2. The Hall–Kier alpha value is -2.78. The van der Waals surface area contributed by atoms with Gasteiger partial charge in [-0.3, -0.25) is 4.90 Å². The van der Waals surface area contributed by atoms with Crippen LogP contribution in [0.4, 0.5) is 4.39 Å². The highest BCUT2D eigenvalue weighted by atomic mass is 32.1. The summed E-state index contributed by atoms with van der Waals surface area (Å²) in [4.78, 5) is 15.3. The summed E-state index contributed by atoms with van der Waals surface area (Å²) < 4.78 is 13.6. The van der Waals surface area contributed by atoms with Crippen LogP contribution in [0.3, 0.4) is 0 Å². The van der Waals surface area contributed by atoms with Crippen molar-refractivity contribution in [3.8, 4) is 17.2 Å². The van der Waals surface area contributed by atoms with Crippen molar-refractivity contribution in [2.45, 2.75) is 34.2 Å². The second kappa shape index (κ2) is 7.92. The molecule has 0 amide bonds. The first-order valence-electron chi connectivity index (χ1n) is 9.55. The molecule has 0 N–H and O–H groups in total. The van der Waals surface area contributed by atoms with Crippen LogP contribution in [0.15, 0.2) is 24.3 Å². The number of fused-ring (bicyclic) bond motifs is 1. The summed E-state index contributed by atoms with van der Waals surface area (Å²) in [5.74, 6) is 1.34. The number of rotatable bonds is 6. The van der Waals surface area contributed by atoms with Crippen molar-refractivity contribution >= 4 is 21.6 Å². The van der Waals surface area contributed by atoms with E-state index in [-0.39, 0.29) is 5.82 Å². The lowest BCUT2D eigenvalue weighted by Gasteiger charge is -2.17. The summed E-state index contributed by atoms with van der Waals surface area (Å²) in [6.45, 7) is 10.8. The van der Waals surface area contributed by atoms with E-state index in [1.807, 2.05) is 0 Å². The molecule has 0 aliphatic heterocycles.